The summed E-state index contributed by atoms with van der Waals surface area (Å²) in [6.45, 7) is 5.37. The molecule has 0 unspecified atom stereocenters. The fraction of sp³-hybridized carbons (Fsp3) is 0.333. The van der Waals surface area contributed by atoms with Crippen LogP contribution in [0.4, 0.5) is 5.13 Å². The zero-order valence-corrected chi connectivity index (χ0v) is 15.2. The lowest BCUT2D eigenvalue weighted by Crippen LogP contribution is -2.49. The van der Waals surface area contributed by atoms with Gasteiger partial charge in [-0.1, -0.05) is 23.5 Å². The van der Waals surface area contributed by atoms with Crippen LogP contribution in [0.5, 0.6) is 0 Å². The Balaban J connectivity index is 1.40. The fourth-order valence-electron chi connectivity index (χ4n) is 2.98. The Morgan fingerprint density at radius 3 is 2.79 bits per heavy atom. The summed E-state index contributed by atoms with van der Waals surface area (Å²) < 4.78 is 1.24. The Kier molecular flexibility index (Phi) is 4.24. The summed E-state index contributed by atoms with van der Waals surface area (Å²) in [6.07, 6.45) is 0.526. The molecule has 4 nitrogen and oxygen atoms in total. The van der Waals surface area contributed by atoms with E-state index in [-0.39, 0.29) is 5.91 Å². The van der Waals surface area contributed by atoms with E-state index >= 15 is 0 Å². The SMILES string of the molecule is Cc1ccc2nc(N3CCN(C(=O)Cc4cccs4)CC3)sc2c1. The third-order valence-corrected chi connectivity index (χ3v) is 6.30. The molecule has 1 fully saturated rings. The van der Waals surface area contributed by atoms with Crippen LogP contribution in [0.1, 0.15) is 10.4 Å². The highest BCUT2D eigenvalue weighted by molar-refractivity contribution is 7.22. The number of rotatable bonds is 3. The Labute approximate surface area is 149 Å². The van der Waals surface area contributed by atoms with Gasteiger partial charge in [-0.3, -0.25) is 4.79 Å². The standard InChI is InChI=1S/C18H19N3OS2/c1-13-4-5-15-16(11-13)24-18(19-15)21-8-6-20(7-9-21)17(22)12-14-3-2-10-23-14/h2-5,10-11H,6-9,12H2,1H3. The van der Waals surface area contributed by atoms with Crippen molar-refractivity contribution in [3.8, 4) is 0 Å². The molecule has 6 heteroatoms. The van der Waals surface area contributed by atoms with Crippen LogP contribution in [-0.2, 0) is 11.2 Å². The second-order valence-electron chi connectivity index (χ2n) is 6.09. The summed E-state index contributed by atoms with van der Waals surface area (Å²) in [5.41, 5.74) is 2.33. The molecule has 1 aliphatic rings. The number of aromatic nitrogens is 1. The molecule has 4 rings (SSSR count). The quantitative estimate of drug-likeness (QED) is 0.719. The van der Waals surface area contributed by atoms with Gasteiger partial charge in [0.15, 0.2) is 5.13 Å². The first-order chi connectivity index (χ1) is 11.7. The number of piperazine rings is 1. The summed E-state index contributed by atoms with van der Waals surface area (Å²) in [6, 6.07) is 10.4. The maximum atomic E-state index is 12.4. The third-order valence-electron chi connectivity index (χ3n) is 4.34. The average Bonchev–Trinajstić information content (AvgIpc) is 3.24. The summed E-state index contributed by atoms with van der Waals surface area (Å²) in [7, 11) is 0. The first kappa shape index (κ1) is 15.6. The number of anilines is 1. The number of carbonyl (C=O) groups excluding carboxylic acids is 1. The molecule has 0 bridgehead atoms. The van der Waals surface area contributed by atoms with Gasteiger partial charge in [0.1, 0.15) is 0 Å². The highest BCUT2D eigenvalue weighted by Gasteiger charge is 2.23. The van der Waals surface area contributed by atoms with Crippen molar-refractivity contribution in [2.75, 3.05) is 31.1 Å². The topological polar surface area (TPSA) is 36.4 Å². The normalized spacial score (nSPS) is 15.2. The van der Waals surface area contributed by atoms with E-state index in [0.29, 0.717) is 6.42 Å². The smallest absolute Gasteiger partial charge is 0.227 e. The van der Waals surface area contributed by atoms with Crippen molar-refractivity contribution in [1.82, 2.24) is 9.88 Å². The van der Waals surface area contributed by atoms with Crippen molar-refractivity contribution in [2.45, 2.75) is 13.3 Å². The van der Waals surface area contributed by atoms with Gasteiger partial charge in [0.05, 0.1) is 16.6 Å². The molecular formula is C18H19N3OS2. The Morgan fingerprint density at radius 1 is 1.21 bits per heavy atom. The molecule has 3 heterocycles. The van der Waals surface area contributed by atoms with Crippen molar-refractivity contribution in [3.05, 3.63) is 46.2 Å². The summed E-state index contributed by atoms with van der Waals surface area (Å²) in [4.78, 5) is 22.6. The third kappa shape index (κ3) is 3.16. The maximum Gasteiger partial charge on any atom is 0.227 e. The number of hydrogen-bond acceptors (Lipinski definition) is 5. The molecule has 0 spiro atoms. The largest absolute Gasteiger partial charge is 0.345 e. The number of thiazole rings is 1. The van der Waals surface area contributed by atoms with Crippen LogP contribution in [0, 0.1) is 6.92 Å². The van der Waals surface area contributed by atoms with Crippen molar-refractivity contribution >= 4 is 43.9 Å². The van der Waals surface area contributed by atoms with E-state index in [1.54, 1.807) is 22.7 Å². The molecule has 124 valence electrons. The molecule has 0 saturated carbocycles. The number of benzene rings is 1. The van der Waals surface area contributed by atoms with Gasteiger partial charge in [-0.05, 0) is 36.1 Å². The zero-order chi connectivity index (χ0) is 16.5. The highest BCUT2D eigenvalue weighted by Crippen LogP contribution is 2.30. The molecule has 1 aliphatic heterocycles. The Morgan fingerprint density at radius 2 is 2.04 bits per heavy atom. The zero-order valence-electron chi connectivity index (χ0n) is 13.6. The van der Waals surface area contributed by atoms with Gasteiger partial charge < -0.3 is 9.80 Å². The van der Waals surface area contributed by atoms with Crippen molar-refractivity contribution < 1.29 is 4.79 Å². The molecule has 0 aliphatic carbocycles. The lowest BCUT2D eigenvalue weighted by Gasteiger charge is -2.34. The van der Waals surface area contributed by atoms with Gasteiger partial charge in [0, 0.05) is 31.1 Å². The molecule has 0 atom stereocenters. The number of thiophene rings is 1. The molecule has 1 saturated heterocycles. The lowest BCUT2D eigenvalue weighted by atomic mass is 10.2. The predicted molar refractivity (Wildman–Crippen MR) is 101 cm³/mol. The Hall–Kier alpha value is -1.92. The van der Waals surface area contributed by atoms with E-state index in [9.17, 15) is 4.79 Å². The minimum Gasteiger partial charge on any atom is -0.345 e. The molecule has 0 N–H and O–H groups in total. The summed E-state index contributed by atoms with van der Waals surface area (Å²) in [5.74, 6) is 0.233. The Bertz CT molecular complexity index is 848. The van der Waals surface area contributed by atoms with Crippen LogP contribution in [-0.4, -0.2) is 42.0 Å². The predicted octanol–water partition coefficient (Wildman–Crippen LogP) is 3.56. The van der Waals surface area contributed by atoms with Crippen LogP contribution in [0.15, 0.2) is 35.7 Å². The van der Waals surface area contributed by atoms with E-state index in [1.807, 2.05) is 22.4 Å². The van der Waals surface area contributed by atoms with Gasteiger partial charge in [-0.2, -0.15) is 0 Å². The van der Waals surface area contributed by atoms with Crippen molar-refractivity contribution in [3.63, 3.8) is 0 Å². The molecule has 1 aromatic carbocycles. The van der Waals surface area contributed by atoms with E-state index in [0.717, 1.165) is 41.7 Å². The molecule has 1 amide bonds. The molecule has 24 heavy (non-hydrogen) atoms. The second kappa shape index (κ2) is 6.53. The lowest BCUT2D eigenvalue weighted by molar-refractivity contribution is -0.130. The van der Waals surface area contributed by atoms with E-state index < -0.39 is 0 Å². The van der Waals surface area contributed by atoms with E-state index in [4.69, 9.17) is 4.98 Å². The summed E-state index contributed by atoms with van der Waals surface area (Å²) in [5, 5.41) is 3.09. The van der Waals surface area contributed by atoms with E-state index in [1.165, 1.54) is 10.3 Å². The molecular weight excluding hydrogens is 338 g/mol. The first-order valence-electron chi connectivity index (χ1n) is 8.11. The van der Waals surface area contributed by atoms with Crippen LogP contribution in [0.3, 0.4) is 0 Å². The van der Waals surface area contributed by atoms with Crippen LogP contribution in [0.2, 0.25) is 0 Å². The van der Waals surface area contributed by atoms with Crippen LogP contribution < -0.4 is 4.90 Å². The monoisotopic (exact) mass is 357 g/mol. The number of aryl methyl sites for hydroxylation is 1. The first-order valence-corrected chi connectivity index (χ1v) is 9.81. The van der Waals surface area contributed by atoms with Gasteiger partial charge in [-0.15, -0.1) is 11.3 Å². The van der Waals surface area contributed by atoms with E-state index in [2.05, 4.69) is 30.0 Å². The van der Waals surface area contributed by atoms with Crippen molar-refractivity contribution in [2.24, 2.45) is 0 Å². The minimum atomic E-state index is 0.233. The van der Waals surface area contributed by atoms with Crippen molar-refractivity contribution in [1.29, 1.82) is 0 Å². The minimum absolute atomic E-state index is 0.233. The second-order valence-corrected chi connectivity index (χ2v) is 8.13. The highest BCUT2D eigenvalue weighted by atomic mass is 32.1. The van der Waals surface area contributed by atoms with Gasteiger partial charge >= 0.3 is 0 Å². The van der Waals surface area contributed by atoms with Gasteiger partial charge in [0.25, 0.3) is 0 Å². The number of nitrogens with zero attached hydrogens (tertiary/aromatic N) is 3. The molecule has 3 aromatic rings. The number of amides is 1. The van der Waals surface area contributed by atoms with Crippen LogP contribution in [0.25, 0.3) is 10.2 Å². The number of fused-ring (bicyclic) bond motifs is 1. The number of hydrogen-bond donors (Lipinski definition) is 0. The molecule has 2 aromatic heterocycles. The maximum absolute atomic E-state index is 12.4. The summed E-state index contributed by atoms with van der Waals surface area (Å²) >= 11 is 3.39. The van der Waals surface area contributed by atoms with Gasteiger partial charge in [-0.25, -0.2) is 4.98 Å². The van der Waals surface area contributed by atoms with Crippen LogP contribution >= 0.6 is 22.7 Å². The number of carbonyl (C=O) groups is 1. The fourth-order valence-corrected chi connectivity index (χ4v) is 4.79. The average molecular weight is 358 g/mol. The van der Waals surface area contributed by atoms with Gasteiger partial charge in [0.2, 0.25) is 5.91 Å². The molecule has 0 radical (unpaired) electrons.